The Hall–Kier alpha value is -0.570. The maximum Gasteiger partial charge on any atom is 0.123 e. The van der Waals surface area contributed by atoms with Crippen molar-refractivity contribution in [2.75, 3.05) is 18.5 Å². The van der Waals surface area contributed by atoms with Gasteiger partial charge in [-0.3, -0.25) is 0 Å². The molecule has 0 unspecified atom stereocenters. The molecule has 1 fully saturated rings. The van der Waals surface area contributed by atoms with Crippen molar-refractivity contribution in [3.63, 3.8) is 0 Å². The first-order valence-electron chi connectivity index (χ1n) is 5.26. The lowest BCUT2D eigenvalue weighted by Crippen LogP contribution is -2.21. The van der Waals surface area contributed by atoms with Gasteiger partial charge in [0, 0.05) is 24.6 Å². The third kappa shape index (κ3) is 2.71. The van der Waals surface area contributed by atoms with Crippen LogP contribution >= 0.6 is 15.9 Å². The average Bonchev–Trinajstić information content (AvgIpc) is 3.01. The predicted octanol–water partition coefficient (Wildman–Crippen LogP) is 3.57. The molecule has 0 aliphatic heterocycles. The molecule has 2 rings (SSSR count). The molecule has 3 heteroatoms. The highest BCUT2D eigenvalue weighted by molar-refractivity contribution is 9.08. The normalized spacial score (nSPS) is 15.4. The van der Waals surface area contributed by atoms with Gasteiger partial charge in [-0.05, 0) is 42.5 Å². The minimum Gasteiger partial charge on any atom is -0.374 e. The predicted molar refractivity (Wildman–Crippen MR) is 65.0 cm³/mol. The number of benzene rings is 1. The molecule has 82 valence electrons. The molecule has 1 saturated carbocycles. The molecule has 1 aliphatic carbocycles. The SMILES string of the molecule is CN(CC1CC1)c1ccc(F)cc1CBr. The van der Waals surface area contributed by atoms with Crippen LogP contribution in [-0.4, -0.2) is 13.6 Å². The molecule has 1 aromatic rings. The lowest BCUT2D eigenvalue weighted by Gasteiger charge is -2.21. The topological polar surface area (TPSA) is 3.24 Å². The van der Waals surface area contributed by atoms with E-state index in [0.29, 0.717) is 5.33 Å². The van der Waals surface area contributed by atoms with E-state index in [-0.39, 0.29) is 5.82 Å². The fourth-order valence-corrected chi connectivity index (χ4v) is 2.27. The first-order valence-corrected chi connectivity index (χ1v) is 6.38. The fraction of sp³-hybridized carbons (Fsp3) is 0.500. The number of rotatable bonds is 4. The molecule has 0 amide bonds. The van der Waals surface area contributed by atoms with E-state index >= 15 is 0 Å². The Morgan fingerprint density at radius 2 is 2.20 bits per heavy atom. The van der Waals surface area contributed by atoms with Crippen molar-refractivity contribution in [2.45, 2.75) is 18.2 Å². The minimum atomic E-state index is -0.159. The molecule has 15 heavy (non-hydrogen) atoms. The van der Waals surface area contributed by atoms with Crippen molar-refractivity contribution in [1.82, 2.24) is 0 Å². The number of halogens is 2. The average molecular weight is 272 g/mol. The van der Waals surface area contributed by atoms with Crippen molar-refractivity contribution in [2.24, 2.45) is 5.92 Å². The summed E-state index contributed by atoms with van der Waals surface area (Å²) in [6.07, 6.45) is 2.68. The molecule has 0 saturated heterocycles. The Labute approximate surface area is 98.4 Å². The zero-order valence-corrected chi connectivity index (χ0v) is 10.4. The van der Waals surface area contributed by atoms with E-state index in [1.807, 2.05) is 6.07 Å². The molecule has 0 atom stereocenters. The summed E-state index contributed by atoms with van der Waals surface area (Å²) in [6.45, 7) is 1.09. The molecular formula is C12H15BrFN. The van der Waals surface area contributed by atoms with Crippen LogP contribution in [0.4, 0.5) is 10.1 Å². The van der Waals surface area contributed by atoms with Gasteiger partial charge in [0.15, 0.2) is 0 Å². The number of nitrogens with zero attached hydrogens (tertiary/aromatic N) is 1. The third-order valence-corrected chi connectivity index (χ3v) is 3.43. The van der Waals surface area contributed by atoms with E-state index < -0.39 is 0 Å². The first kappa shape index (κ1) is 10.9. The van der Waals surface area contributed by atoms with Crippen LogP contribution in [0.5, 0.6) is 0 Å². The number of hydrogen-bond donors (Lipinski definition) is 0. The van der Waals surface area contributed by atoms with Gasteiger partial charge in [0.1, 0.15) is 5.82 Å². The molecule has 0 radical (unpaired) electrons. The highest BCUT2D eigenvalue weighted by Gasteiger charge is 2.23. The Kier molecular flexibility index (Phi) is 3.29. The minimum absolute atomic E-state index is 0.159. The van der Waals surface area contributed by atoms with Crippen LogP contribution in [0.3, 0.4) is 0 Å². The van der Waals surface area contributed by atoms with Crippen LogP contribution in [0.15, 0.2) is 18.2 Å². The number of alkyl halides is 1. The van der Waals surface area contributed by atoms with E-state index in [2.05, 4.69) is 27.9 Å². The second kappa shape index (κ2) is 4.52. The van der Waals surface area contributed by atoms with Crippen molar-refractivity contribution in [3.8, 4) is 0 Å². The van der Waals surface area contributed by atoms with Gasteiger partial charge in [-0.1, -0.05) is 15.9 Å². The van der Waals surface area contributed by atoms with Crippen LogP contribution in [0.2, 0.25) is 0 Å². The van der Waals surface area contributed by atoms with E-state index in [4.69, 9.17) is 0 Å². The van der Waals surface area contributed by atoms with E-state index in [1.54, 1.807) is 6.07 Å². The van der Waals surface area contributed by atoms with Crippen molar-refractivity contribution >= 4 is 21.6 Å². The molecule has 0 spiro atoms. The summed E-state index contributed by atoms with van der Waals surface area (Å²) in [4.78, 5) is 2.23. The maximum atomic E-state index is 13.0. The van der Waals surface area contributed by atoms with Gasteiger partial charge in [0.05, 0.1) is 0 Å². The Morgan fingerprint density at radius 3 is 2.80 bits per heavy atom. The second-order valence-corrected chi connectivity index (χ2v) is 4.79. The fourth-order valence-electron chi connectivity index (χ4n) is 1.82. The summed E-state index contributed by atoms with van der Waals surface area (Å²) in [6, 6.07) is 5.01. The summed E-state index contributed by atoms with van der Waals surface area (Å²) < 4.78 is 13.0. The van der Waals surface area contributed by atoms with Crippen LogP contribution in [0.25, 0.3) is 0 Å². The summed E-state index contributed by atoms with van der Waals surface area (Å²) in [5, 5.41) is 0.703. The Bertz CT molecular complexity index is 349. The molecule has 1 aliphatic rings. The first-order chi connectivity index (χ1) is 7.20. The van der Waals surface area contributed by atoms with E-state index in [1.165, 1.54) is 18.9 Å². The van der Waals surface area contributed by atoms with Crippen molar-refractivity contribution < 1.29 is 4.39 Å². The van der Waals surface area contributed by atoms with Crippen LogP contribution in [-0.2, 0) is 5.33 Å². The standard InChI is InChI=1S/C12H15BrFN/c1-15(8-9-2-3-9)12-5-4-11(14)6-10(12)7-13/h4-6,9H,2-3,7-8H2,1H3. The molecule has 0 aromatic heterocycles. The lowest BCUT2D eigenvalue weighted by atomic mass is 10.1. The monoisotopic (exact) mass is 271 g/mol. The molecule has 0 N–H and O–H groups in total. The molecule has 0 bridgehead atoms. The lowest BCUT2D eigenvalue weighted by molar-refractivity contribution is 0.626. The zero-order chi connectivity index (χ0) is 10.8. The summed E-state index contributed by atoms with van der Waals surface area (Å²) in [5.41, 5.74) is 2.17. The summed E-state index contributed by atoms with van der Waals surface area (Å²) in [5.74, 6) is 0.691. The van der Waals surface area contributed by atoms with Gasteiger partial charge in [0.2, 0.25) is 0 Å². The summed E-state index contributed by atoms with van der Waals surface area (Å²) >= 11 is 3.40. The Morgan fingerprint density at radius 1 is 1.47 bits per heavy atom. The number of anilines is 1. The van der Waals surface area contributed by atoms with E-state index in [9.17, 15) is 4.39 Å². The van der Waals surface area contributed by atoms with Gasteiger partial charge < -0.3 is 4.90 Å². The largest absolute Gasteiger partial charge is 0.374 e. The van der Waals surface area contributed by atoms with Gasteiger partial charge >= 0.3 is 0 Å². The quantitative estimate of drug-likeness (QED) is 0.757. The Balaban J connectivity index is 2.17. The van der Waals surface area contributed by atoms with Gasteiger partial charge in [-0.15, -0.1) is 0 Å². The van der Waals surface area contributed by atoms with E-state index in [0.717, 1.165) is 23.7 Å². The van der Waals surface area contributed by atoms with Gasteiger partial charge in [-0.25, -0.2) is 4.39 Å². The van der Waals surface area contributed by atoms with Crippen molar-refractivity contribution in [3.05, 3.63) is 29.6 Å². The van der Waals surface area contributed by atoms with Crippen LogP contribution < -0.4 is 4.90 Å². The number of hydrogen-bond acceptors (Lipinski definition) is 1. The molecule has 1 nitrogen and oxygen atoms in total. The molecular weight excluding hydrogens is 257 g/mol. The smallest absolute Gasteiger partial charge is 0.123 e. The third-order valence-electron chi connectivity index (χ3n) is 2.83. The van der Waals surface area contributed by atoms with Gasteiger partial charge in [0.25, 0.3) is 0 Å². The van der Waals surface area contributed by atoms with Crippen molar-refractivity contribution in [1.29, 1.82) is 0 Å². The zero-order valence-electron chi connectivity index (χ0n) is 8.84. The van der Waals surface area contributed by atoms with Crippen LogP contribution in [0, 0.1) is 11.7 Å². The van der Waals surface area contributed by atoms with Gasteiger partial charge in [-0.2, -0.15) is 0 Å². The second-order valence-electron chi connectivity index (χ2n) is 4.23. The maximum absolute atomic E-state index is 13.0. The molecule has 0 heterocycles. The molecule has 1 aromatic carbocycles. The summed E-state index contributed by atoms with van der Waals surface area (Å²) in [7, 11) is 2.08. The van der Waals surface area contributed by atoms with Crippen LogP contribution in [0.1, 0.15) is 18.4 Å². The highest BCUT2D eigenvalue weighted by atomic mass is 79.9. The highest BCUT2D eigenvalue weighted by Crippen LogP contribution is 2.32.